The first-order valence-electron chi connectivity index (χ1n) is 10.1. The molecule has 1 aliphatic carbocycles. The number of ether oxygens (including phenoxy) is 1. The first-order valence-corrected chi connectivity index (χ1v) is 11.1. The third-order valence-electron chi connectivity index (χ3n) is 5.37. The largest absolute Gasteiger partial charge is 0.497 e. The molecule has 7 nitrogen and oxygen atoms in total. The summed E-state index contributed by atoms with van der Waals surface area (Å²) < 4.78 is 6.76. The average Bonchev–Trinajstić information content (AvgIpc) is 3.30. The average molecular weight is 435 g/mol. The number of carbonyl (C=O) groups is 1. The van der Waals surface area contributed by atoms with Crippen molar-refractivity contribution in [2.45, 2.75) is 36.9 Å². The highest BCUT2D eigenvalue weighted by atomic mass is 32.2. The van der Waals surface area contributed by atoms with Crippen molar-refractivity contribution in [3.63, 3.8) is 0 Å². The summed E-state index contributed by atoms with van der Waals surface area (Å²) in [6.07, 6.45) is 4.26. The van der Waals surface area contributed by atoms with Crippen molar-refractivity contribution in [1.29, 1.82) is 5.26 Å². The van der Waals surface area contributed by atoms with E-state index in [0.29, 0.717) is 33.1 Å². The van der Waals surface area contributed by atoms with Gasteiger partial charge in [0, 0.05) is 17.7 Å². The molecule has 1 aromatic heterocycles. The fourth-order valence-electron chi connectivity index (χ4n) is 3.82. The zero-order valence-electron chi connectivity index (χ0n) is 17.1. The zero-order valence-corrected chi connectivity index (χ0v) is 17.9. The van der Waals surface area contributed by atoms with E-state index in [1.165, 1.54) is 16.3 Å². The Morgan fingerprint density at radius 1 is 1.29 bits per heavy atom. The van der Waals surface area contributed by atoms with Crippen LogP contribution < -0.4 is 15.6 Å². The van der Waals surface area contributed by atoms with Crippen LogP contribution in [-0.2, 0) is 0 Å². The molecule has 158 valence electrons. The highest BCUT2D eigenvalue weighted by Gasteiger charge is 2.19. The molecule has 4 rings (SSSR count). The summed E-state index contributed by atoms with van der Waals surface area (Å²) in [5, 5.41) is 12.9. The van der Waals surface area contributed by atoms with Crippen LogP contribution in [0.25, 0.3) is 16.6 Å². The standard InChI is InChI=1S/C23H22N4O3S/c1-30-18-8-4-7-17(14-18)27-22(29)19-10-9-15(21(28)25-16-5-2-3-6-16)13-20(19)26-23(27)31-12-11-24/h4,7-10,13-14,16H,2-3,5-6,12H2,1H3,(H,25,28). The molecule has 3 aromatic rings. The normalized spacial score (nSPS) is 13.8. The monoisotopic (exact) mass is 434 g/mol. The Kier molecular flexibility index (Phi) is 6.23. The summed E-state index contributed by atoms with van der Waals surface area (Å²) in [6, 6.07) is 14.3. The van der Waals surface area contributed by atoms with Gasteiger partial charge in [0.15, 0.2) is 5.16 Å². The number of thioether (sulfide) groups is 1. The van der Waals surface area contributed by atoms with Gasteiger partial charge >= 0.3 is 0 Å². The van der Waals surface area contributed by atoms with Crippen molar-refractivity contribution in [1.82, 2.24) is 14.9 Å². The molecule has 31 heavy (non-hydrogen) atoms. The quantitative estimate of drug-likeness (QED) is 0.470. The number of rotatable bonds is 6. The van der Waals surface area contributed by atoms with Crippen molar-refractivity contribution in [3.05, 3.63) is 58.4 Å². The number of aromatic nitrogens is 2. The molecular formula is C23H22N4O3S. The molecule has 2 aromatic carbocycles. The van der Waals surface area contributed by atoms with Gasteiger partial charge < -0.3 is 10.1 Å². The molecule has 0 saturated heterocycles. The molecular weight excluding hydrogens is 412 g/mol. The summed E-state index contributed by atoms with van der Waals surface area (Å²) in [4.78, 5) is 30.7. The SMILES string of the molecule is COc1cccc(-n2c(SCC#N)nc3cc(C(=O)NC4CCCC4)ccc3c2=O)c1. The van der Waals surface area contributed by atoms with Crippen LogP contribution in [0.3, 0.4) is 0 Å². The molecule has 0 bridgehead atoms. The van der Waals surface area contributed by atoms with E-state index in [-0.39, 0.29) is 23.3 Å². The Hall–Kier alpha value is -3.31. The van der Waals surface area contributed by atoms with Crippen LogP contribution in [0.4, 0.5) is 0 Å². The van der Waals surface area contributed by atoms with Crippen molar-refractivity contribution in [2.75, 3.05) is 12.9 Å². The third kappa shape index (κ3) is 4.42. The Morgan fingerprint density at radius 2 is 2.10 bits per heavy atom. The van der Waals surface area contributed by atoms with E-state index >= 15 is 0 Å². The first kappa shape index (κ1) is 20.9. The summed E-state index contributed by atoms with van der Waals surface area (Å²) in [5.41, 5.74) is 1.24. The number of fused-ring (bicyclic) bond motifs is 1. The number of nitrogens with one attached hydrogen (secondary N) is 1. The molecule has 8 heteroatoms. The lowest BCUT2D eigenvalue weighted by Crippen LogP contribution is -2.32. The third-order valence-corrected chi connectivity index (χ3v) is 6.17. The van der Waals surface area contributed by atoms with Crippen LogP contribution in [0.15, 0.2) is 52.4 Å². The van der Waals surface area contributed by atoms with Gasteiger partial charge in [-0.2, -0.15) is 5.26 Å². The summed E-state index contributed by atoms with van der Waals surface area (Å²) in [6.45, 7) is 0. The van der Waals surface area contributed by atoms with Crippen LogP contribution in [0.1, 0.15) is 36.0 Å². The topological polar surface area (TPSA) is 97.0 Å². The summed E-state index contributed by atoms with van der Waals surface area (Å²) in [7, 11) is 1.56. The minimum Gasteiger partial charge on any atom is -0.497 e. The van der Waals surface area contributed by atoms with E-state index in [2.05, 4.69) is 16.4 Å². The van der Waals surface area contributed by atoms with Gasteiger partial charge in [-0.3, -0.25) is 14.2 Å². The second-order valence-electron chi connectivity index (χ2n) is 7.37. The molecule has 0 spiro atoms. The van der Waals surface area contributed by atoms with Crippen molar-refractivity contribution >= 4 is 28.6 Å². The van der Waals surface area contributed by atoms with Crippen LogP contribution in [-0.4, -0.2) is 34.4 Å². The Labute approximate surface area is 184 Å². The highest BCUT2D eigenvalue weighted by Crippen LogP contribution is 2.24. The van der Waals surface area contributed by atoms with Gasteiger partial charge in [-0.05, 0) is 43.2 Å². The van der Waals surface area contributed by atoms with E-state index in [4.69, 9.17) is 10.00 Å². The van der Waals surface area contributed by atoms with E-state index < -0.39 is 0 Å². The number of benzene rings is 2. The molecule has 0 unspecified atom stereocenters. The molecule has 1 aliphatic rings. The maximum absolute atomic E-state index is 13.4. The molecule has 1 N–H and O–H groups in total. The van der Waals surface area contributed by atoms with Crippen molar-refractivity contribution in [2.24, 2.45) is 0 Å². The number of hydrogen-bond acceptors (Lipinski definition) is 6. The first-order chi connectivity index (χ1) is 15.1. The maximum atomic E-state index is 13.4. The molecule has 1 saturated carbocycles. The second kappa shape index (κ2) is 9.23. The van der Waals surface area contributed by atoms with E-state index in [0.717, 1.165) is 25.7 Å². The fourth-order valence-corrected chi connectivity index (χ4v) is 4.49. The van der Waals surface area contributed by atoms with Gasteiger partial charge in [-0.25, -0.2) is 4.98 Å². The Bertz CT molecular complexity index is 1230. The minimum atomic E-state index is -0.263. The number of nitriles is 1. The van der Waals surface area contributed by atoms with Gasteiger partial charge in [0.25, 0.3) is 11.5 Å². The van der Waals surface area contributed by atoms with Gasteiger partial charge in [0.05, 0.1) is 35.5 Å². The molecule has 1 amide bonds. The minimum absolute atomic E-state index is 0.143. The predicted octanol–water partition coefficient (Wildman–Crippen LogP) is 3.68. The van der Waals surface area contributed by atoms with Crippen molar-refractivity contribution < 1.29 is 9.53 Å². The number of methoxy groups -OCH3 is 1. The Balaban J connectivity index is 1.79. The molecule has 0 aliphatic heterocycles. The lowest BCUT2D eigenvalue weighted by Gasteiger charge is -2.14. The smallest absolute Gasteiger partial charge is 0.266 e. The number of hydrogen-bond donors (Lipinski definition) is 1. The van der Waals surface area contributed by atoms with Crippen LogP contribution >= 0.6 is 11.8 Å². The van der Waals surface area contributed by atoms with Gasteiger partial charge in [-0.1, -0.05) is 30.7 Å². The maximum Gasteiger partial charge on any atom is 0.266 e. The van der Waals surface area contributed by atoms with Gasteiger partial charge in [-0.15, -0.1) is 0 Å². The lowest BCUT2D eigenvalue weighted by atomic mass is 10.1. The fraction of sp³-hybridized carbons (Fsp3) is 0.304. The molecule has 1 fully saturated rings. The van der Waals surface area contributed by atoms with Crippen molar-refractivity contribution in [3.8, 4) is 17.5 Å². The van der Waals surface area contributed by atoms with E-state index in [1.807, 2.05) is 0 Å². The zero-order chi connectivity index (χ0) is 21.8. The molecule has 1 heterocycles. The number of carbonyl (C=O) groups excluding carboxylic acids is 1. The lowest BCUT2D eigenvalue weighted by molar-refractivity contribution is 0.0938. The highest BCUT2D eigenvalue weighted by molar-refractivity contribution is 7.99. The second-order valence-corrected chi connectivity index (χ2v) is 8.31. The van der Waals surface area contributed by atoms with Crippen LogP contribution in [0.5, 0.6) is 5.75 Å². The van der Waals surface area contributed by atoms with Crippen LogP contribution in [0, 0.1) is 11.3 Å². The predicted molar refractivity (Wildman–Crippen MR) is 120 cm³/mol. The van der Waals surface area contributed by atoms with Crippen LogP contribution in [0.2, 0.25) is 0 Å². The Morgan fingerprint density at radius 3 is 2.84 bits per heavy atom. The van der Waals surface area contributed by atoms with E-state index in [9.17, 15) is 9.59 Å². The number of nitrogens with zero attached hydrogens (tertiary/aromatic N) is 3. The molecule has 0 atom stereocenters. The van der Waals surface area contributed by atoms with Gasteiger partial charge in [0.1, 0.15) is 5.75 Å². The summed E-state index contributed by atoms with van der Waals surface area (Å²) >= 11 is 1.17. The van der Waals surface area contributed by atoms with E-state index in [1.54, 1.807) is 49.6 Å². The number of amides is 1. The molecule has 0 radical (unpaired) electrons. The van der Waals surface area contributed by atoms with Gasteiger partial charge in [0.2, 0.25) is 0 Å². The summed E-state index contributed by atoms with van der Waals surface area (Å²) in [5.74, 6) is 0.600.